The third kappa shape index (κ3) is 3.34. The summed E-state index contributed by atoms with van der Waals surface area (Å²) in [6, 6.07) is -2.66. The number of carbonyl (C=O) groups excluding carboxylic acids is 2. The average molecular weight is 359 g/mol. The van der Waals surface area contributed by atoms with Crippen LogP contribution in [-0.4, -0.2) is 67.1 Å². The van der Waals surface area contributed by atoms with Crippen LogP contribution in [0.3, 0.4) is 0 Å². The highest BCUT2D eigenvalue weighted by Crippen LogP contribution is 2.50. The maximum Gasteiger partial charge on any atom is 0.327 e. The molecule has 2 heterocycles. The second-order valence-electron chi connectivity index (χ2n) is 6.48. The molecule has 10 heteroatoms. The molecule has 4 atom stereocenters. The van der Waals surface area contributed by atoms with Crippen LogP contribution in [0, 0.1) is 0 Å². The van der Waals surface area contributed by atoms with Gasteiger partial charge in [-0.05, 0) is 26.7 Å². The fourth-order valence-corrected chi connectivity index (χ4v) is 4.62. The molecule has 0 aromatic carbocycles. The minimum absolute atomic E-state index is 0.0634. The number of rotatable bonds is 7. The summed E-state index contributed by atoms with van der Waals surface area (Å²) in [5.41, 5.74) is 5.36. The molecule has 0 saturated carbocycles. The van der Waals surface area contributed by atoms with Gasteiger partial charge in [-0.25, -0.2) is 4.79 Å². The number of hydrogen-bond acceptors (Lipinski definition) is 6. The average Bonchev–Trinajstić information content (AvgIpc) is 2.73. The third-order valence-corrected chi connectivity index (χ3v) is 5.80. The largest absolute Gasteiger partial charge is 0.480 e. The van der Waals surface area contributed by atoms with Crippen molar-refractivity contribution < 1.29 is 29.4 Å². The van der Waals surface area contributed by atoms with Crippen molar-refractivity contribution in [1.82, 2.24) is 10.2 Å². The van der Waals surface area contributed by atoms with Crippen molar-refractivity contribution in [3.63, 3.8) is 0 Å². The Morgan fingerprint density at radius 2 is 2.00 bits per heavy atom. The first-order valence-electron chi connectivity index (χ1n) is 7.57. The van der Waals surface area contributed by atoms with E-state index < -0.39 is 40.7 Å². The van der Waals surface area contributed by atoms with Crippen molar-refractivity contribution >= 4 is 35.5 Å². The number of hydrogen-bond donors (Lipinski definition) is 4. The van der Waals surface area contributed by atoms with E-state index in [0.717, 1.165) is 0 Å². The van der Waals surface area contributed by atoms with Gasteiger partial charge in [-0.15, -0.1) is 11.8 Å². The van der Waals surface area contributed by atoms with Crippen LogP contribution in [0.15, 0.2) is 0 Å². The van der Waals surface area contributed by atoms with Gasteiger partial charge in [-0.3, -0.25) is 14.4 Å². The van der Waals surface area contributed by atoms with Crippen LogP contribution in [0.5, 0.6) is 0 Å². The van der Waals surface area contributed by atoms with E-state index in [9.17, 15) is 24.3 Å². The fourth-order valence-electron chi connectivity index (χ4n) is 3.00. The summed E-state index contributed by atoms with van der Waals surface area (Å²) in [6.07, 6.45) is 0.526. The van der Waals surface area contributed by atoms with E-state index in [1.165, 1.54) is 16.7 Å². The third-order valence-electron chi connectivity index (χ3n) is 4.23. The molecule has 2 fully saturated rings. The molecule has 0 aromatic heterocycles. The van der Waals surface area contributed by atoms with Gasteiger partial charge in [0.1, 0.15) is 23.5 Å². The number of thioether (sulfide) groups is 1. The fraction of sp³-hybridized carbons (Fsp3) is 0.714. The Morgan fingerprint density at radius 3 is 2.54 bits per heavy atom. The normalized spacial score (nSPS) is 28.7. The van der Waals surface area contributed by atoms with E-state index >= 15 is 0 Å². The van der Waals surface area contributed by atoms with Crippen molar-refractivity contribution in [2.75, 3.05) is 0 Å². The minimum atomic E-state index is -1.12. The smallest absolute Gasteiger partial charge is 0.327 e. The molecule has 0 aromatic rings. The molecule has 24 heavy (non-hydrogen) atoms. The first-order valence-corrected chi connectivity index (χ1v) is 8.45. The topological polar surface area (TPSA) is 150 Å². The Hall–Kier alpha value is -1.81. The van der Waals surface area contributed by atoms with Gasteiger partial charge in [0.25, 0.3) is 0 Å². The highest BCUT2D eigenvalue weighted by Gasteiger charge is 2.64. The summed E-state index contributed by atoms with van der Waals surface area (Å²) in [4.78, 5) is 47.4. The molecule has 2 aliphatic rings. The van der Waals surface area contributed by atoms with E-state index in [1.54, 1.807) is 13.8 Å². The van der Waals surface area contributed by atoms with E-state index in [0.29, 0.717) is 6.42 Å². The Bertz CT molecular complexity index is 581. The van der Waals surface area contributed by atoms with Gasteiger partial charge in [0.2, 0.25) is 11.8 Å². The highest BCUT2D eigenvalue weighted by atomic mass is 32.2. The second kappa shape index (κ2) is 6.60. The van der Waals surface area contributed by atoms with Crippen molar-refractivity contribution in [2.24, 2.45) is 5.73 Å². The molecular weight excluding hydrogens is 338 g/mol. The summed E-state index contributed by atoms with van der Waals surface area (Å²) in [7, 11) is 0. The minimum Gasteiger partial charge on any atom is -0.480 e. The molecule has 2 rings (SSSR count). The van der Waals surface area contributed by atoms with E-state index in [-0.39, 0.29) is 24.1 Å². The Labute approximate surface area is 142 Å². The van der Waals surface area contributed by atoms with Gasteiger partial charge in [0, 0.05) is 11.2 Å². The molecule has 134 valence electrons. The molecule has 2 aliphatic heterocycles. The van der Waals surface area contributed by atoms with Gasteiger partial charge >= 0.3 is 11.9 Å². The van der Waals surface area contributed by atoms with Crippen LogP contribution in [-0.2, 0) is 19.2 Å². The van der Waals surface area contributed by atoms with Gasteiger partial charge in [-0.1, -0.05) is 0 Å². The van der Waals surface area contributed by atoms with Crippen LogP contribution in [0.2, 0.25) is 0 Å². The molecule has 0 aliphatic carbocycles. The number of nitrogens with one attached hydrogen (secondary N) is 1. The summed E-state index contributed by atoms with van der Waals surface area (Å²) in [6.45, 7) is 3.52. The van der Waals surface area contributed by atoms with Gasteiger partial charge in [0.15, 0.2) is 0 Å². The number of nitrogens with zero attached hydrogens (tertiary/aromatic N) is 1. The molecule has 5 N–H and O–H groups in total. The summed E-state index contributed by atoms with van der Waals surface area (Å²) >= 11 is 1.35. The molecular formula is C14H21N3O6S. The number of β-lactam (4-membered cyclic amide) rings is 1. The van der Waals surface area contributed by atoms with E-state index in [2.05, 4.69) is 5.32 Å². The lowest BCUT2D eigenvalue weighted by molar-refractivity contribution is -0.161. The maximum atomic E-state index is 12.2. The van der Waals surface area contributed by atoms with Crippen LogP contribution >= 0.6 is 11.8 Å². The van der Waals surface area contributed by atoms with Crippen molar-refractivity contribution in [3.8, 4) is 0 Å². The molecule has 0 spiro atoms. The lowest BCUT2D eigenvalue weighted by Gasteiger charge is -2.43. The van der Waals surface area contributed by atoms with Crippen molar-refractivity contribution in [3.05, 3.63) is 0 Å². The van der Waals surface area contributed by atoms with Crippen LogP contribution in [0.1, 0.15) is 33.1 Å². The number of nitrogens with two attached hydrogens (primary N) is 1. The SMILES string of the molecule is CC1(C)SC2C(NC(=O)CCCC(N)C(=O)O)C(=O)N2C1C(=O)O. The second-order valence-corrected chi connectivity index (χ2v) is 8.25. The first kappa shape index (κ1) is 18.5. The highest BCUT2D eigenvalue weighted by molar-refractivity contribution is 8.01. The Kier molecular flexibility index (Phi) is 5.09. The number of fused-ring (bicyclic) bond motifs is 1. The zero-order chi connectivity index (χ0) is 18.2. The maximum absolute atomic E-state index is 12.2. The van der Waals surface area contributed by atoms with Crippen LogP contribution < -0.4 is 11.1 Å². The van der Waals surface area contributed by atoms with E-state index in [4.69, 9.17) is 10.8 Å². The van der Waals surface area contributed by atoms with E-state index in [1.807, 2.05) is 0 Å². The number of carbonyl (C=O) groups is 4. The van der Waals surface area contributed by atoms with Crippen LogP contribution in [0.25, 0.3) is 0 Å². The summed E-state index contributed by atoms with van der Waals surface area (Å²) in [5, 5.41) is 20.2. The molecule has 0 radical (unpaired) electrons. The predicted octanol–water partition coefficient (Wildman–Crippen LogP) is -0.800. The van der Waals surface area contributed by atoms with Crippen molar-refractivity contribution in [2.45, 2.75) is 61.4 Å². The predicted molar refractivity (Wildman–Crippen MR) is 85.1 cm³/mol. The quantitative estimate of drug-likeness (QED) is 0.431. The molecule has 2 amide bonds. The number of amides is 2. The monoisotopic (exact) mass is 359 g/mol. The van der Waals surface area contributed by atoms with Gasteiger partial charge in [0.05, 0.1) is 0 Å². The summed E-state index contributed by atoms with van der Waals surface area (Å²) in [5.74, 6) is -2.95. The van der Waals surface area contributed by atoms with Gasteiger partial charge < -0.3 is 26.2 Å². The molecule has 4 unspecified atom stereocenters. The lowest BCUT2D eigenvalue weighted by Crippen LogP contribution is -2.70. The summed E-state index contributed by atoms with van der Waals surface area (Å²) < 4.78 is -0.639. The van der Waals surface area contributed by atoms with Gasteiger partial charge in [-0.2, -0.15) is 0 Å². The number of aliphatic carboxylic acids is 2. The standard InChI is InChI=1S/C14H21N3O6S/c1-14(2)9(13(22)23)17-10(19)8(11(17)24-14)16-7(18)5-3-4-6(15)12(20)21/h6,8-9,11H,3-5,15H2,1-2H3,(H,16,18)(H,20,21)(H,22,23). The zero-order valence-electron chi connectivity index (χ0n) is 13.4. The lowest BCUT2D eigenvalue weighted by atomic mass is 9.96. The Morgan fingerprint density at radius 1 is 1.38 bits per heavy atom. The van der Waals surface area contributed by atoms with Crippen molar-refractivity contribution in [1.29, 1.82) is 0 Å². The zero-order valence-corrected chi connectivity index (χ0v) is 14.2. The van der Waals surface area contributed by atoms with Crippen LogP contribution in [0.4, 0.5) is 0 Å². The first-order chi connectivity index (χ1) is 11.1. The molecule has 9 nitrogen and oxygen atoms in total. The number of carboxylic acids is 2. The number of carboxylic acid groups (broad SMARTS) is 2. The molecule has 2 saturated heterocycles. The Balaban J connectivity index is 1.87. The molecule has 0 bridgehead atoms.